The number of urea groups is 1. The van der Waals surface area contributed by atoms with Crippen LogP contribution in [0.5, 0.6) is 11.5 Å². The summed E-state index contributed by atoms with van der Waals surface area (Å²) < 4.78 is 16.8. The first kappa shape index (κ1) is 22.5. The normalized spacial score (nSPS) is 15.9. The first-order chi connectivity index (χ1) is 14.8. The summed E-state index contributed by atoms with van der Waals surface area (Å²) in [6, 6.07) is 11.6. The van der Waals surface area contributed by atoms with Crippen LogP contribution in [0.25, 0.3) is 0 Å². The summed E-state index contributed by atoms with van der Waals surface area (Å²) in [6.07, 6.45) is -0.288. The lowest BCUT2D eigenvalue weighted by atomic mass is 9.95. The maximum absolute atomic E-state index is 12.7. The monoisotopic (exact) mass is 444 g/mol. The average molecular weight is 445 g/mol. The van der Waals surface area contributed by atoms with Gasteiger partial charge >= 0.3 is 12.0 Å². The van der Waals surface area contributed by atoms with E-state index in [2.05, 4.69) is 10.6 Å². The van der Waals surface area contributed by atoms with Crippen molar-refractivity contribution >= 4 is 23.6 Å². The van der Waals surface area contributed by atoms with E-state index in [4.69, 9.17) is 25.8 Å². The van der Waals surface area contributed by atoms with Gasteiger partial charge in [-0.1, -0.05) is 29.8 Å². The van der Waals surface area contributed by atoms with Gasteiger partial charge in [0.25, 0.3) is 0 Å². The van der Waals surface area contributed by atoms with Crippen LogP contribution < -0.4 is 20.1 Å². The molecule has 1 heterocycles. The summed E-state index contributed by atoms with van der Waals surface area (Å²) >= 11 is 5.92. The quantitative estimate of drug-likeness (QED) is 0.614. The van der Waals surface area contributed by atoms with E-state index in [1.807, 2.05) is 12.1 Å². The van der Waals surface area contributed by atoms with Crippen molar-refractivity contribution in [2.75, 3.05) is 7.11 Å². The first-order valence-electron chi connectivity index (χ1n) is 9.83. The number of ether oxygens (including phenoxy) is 3. The maximum atomic E-state index is 12.7. The van der Waals surface area contributed by atoms with Gasteiger partial charge in [-0.3, -0.25) is 0 Å². The number of halogens is 1. The number of nitrogens with one attached hydrogen (secondary N) is 2. The molecule has 7 nitrogen and oxygen atoms in total. The van der Waals surface area contributed by atoms with Gasteiger partial charge in [0, 0.05) is 10.7 Å². The molecule has 1 unspecified atom stereocenters. The highest BCUT2D eigenvalue weighted by Crippen LogP contribution is 2.35. The van der Waals surface area contributed by atoms with Crippen molar-refractivity contribution in [1.82, 2.24) is 10.6 Å². The molecule has 0 aliphatic carbocycles. The van der Waals surface area contributed by atoms with Crippen molar-refractivity contribution in [1.29, 1.82) is 0 Å². The summed E-state index contributed by atoms with van der Waals surface area (Å²) in [6.45, 7) is 5.55. The van der Waals surface area contributed by atoms with E-state index >= 15 is 0 Å². The Morgan fingerprint density at radius 3 is 2.48 bits per heavy atom. The van der Waals surface area contributed by atoms with E-state index in [0.717, 1.165) is 5.56 Å². The van der Waals surface area contributed by atoms with Crippen LogP contribution in [0.1, 0.15) is 37.9 Å². The molecule has 0 fully saturated rings. The number of allylic oxidation sites excluding steroid dienone is 1. The van der Waals surface area contributed by atoms with E-state index in [1.165, 1.54) is 7.11 Å². The van der Waals surface area contributed by atoms with Crippen molar-refractivity contribution in [3.63, 3.8) is 0 Å². The van der Waals surface area contributed by atoms with Crippen LogP contribution in [0.4, 0.5) is 4.79 Å². The molecule has 164 valence electrons. The number of benzene rings is 2. The Morgan fingerprint density at radius 1 is 1.13 bits per heavy atom. The van der Waals surface area contributed by atoms with E-state index in [0.29, 0.717) is 40.0 Å². The molecule has 0 bridgehead atoms. The van der Waals surface area contributed by atoms with Gasteiger partial charge in [-0.15, -0.1) is 0 Å². The number of amides is 2. The Kier molecular flexibility index (Phi) is 7.07. The van der Waals surface area contributed by atoms with Crippen molar-refractivity contribution in [3.8, 4) is 11.5 Å². The molecule has 0 aromatic heterocycles. The summed E-state index contributed by atoms with van der Waals surface area (Å²) in [5.74, 6) is 0.522. The summed E-state index contributed by atoms with van der Waals surface area (Å²) in [5.41, 5.74) is 2.41. The van der Waals surface area contributed by atoms with Crippen LogP contribution in [0.15, 0.2) is 53.7 Å². The third-order valence-corrected chi connectivity index (χ3v) is 4.91. The molecule has 2 aromatic rings. The summed E-state index contributed by atoms with van der Waals surface area (Å²) in [4.78, 5) is 24.8. The second-order valence-electron chi connectivity index (χ2n) is 7.35. The Balaban J connectivity index is 1.87. The highest BCUT2D eigenvalue weighted by atomic mass is 35.5. The molecule has 1 aliphatic rings. The molecule has 2 amide bonds. The van der Waals surface area contributed by atoms with Gasteiger partial charge in [0.05, 0.1) is 24.8 Å². The van der Waals surface area contributed by atoms with Crippen molar-refractivity contribution in [3.05, 3.63) is 69.9 Å². The van der Waals surface area contributed by atoms with E-state index in [1.54, 1.807) is 51.1 Å². The van der Waals surface area contributed by atoms with Crippen molar-refractivity contribution in [2.24, 2.45) is 0 Å². The minimum atomic E-state index is -0.681. The van der Waals surface area contributed by atoms with Crippen LogP contribution in [0.2, 0.25) is 5.02 Å². The largest absolute Gasteiger partial charge is 0.493 e. The molecule has 0 saturated carbocycles. The Bertz CT molecular complexity index is 1000. The molecule has 0 radical (unpaired) electrons. The first-order valence-corrected chi connectivity index (χ1v) is 10.2. The smallest absolute Gasteiger partial charge is 0.338 e. The third kappa shape index (κ3) is 5.49. The standard InChI is InChI=1S/C23H25ClN2O5/c1-13(2)31-22(27)20-14(3)25-23(28)26-21(20)16-7-10-18(19(11-16)29-4)30-12-15-5-8-17(24)9-6-15/h5-11,13,21H,12H2,1-4H3,(H2,25,26,28). The summed E-state index contributed by atoms with van der Waals surface area (Å²) in [5, 5.41) is 6.07. The maximum Gasteiger partial charge on any atom is 0.338 e. The third-order valence-electron chi connectivity index (χ3n) is 4.66. The predicted octanol–water partition coefficient (Wildman–Crippen LogP) is 4.51. The van der Waals surface area contributed by atoms with Crippen LogP contribution in [-0.2, 0) is 16.1 Å². The minimum absolute atomic E-state index is 0.288. The van der Waals surface area contributed by atoms with Gasteiger partial charge in [0.15, 0.2) is 11.5 Å². The zero-order valence-electron chi connectivity index (χ0n) is 17.8. The highest BCUT2D eigenvalue weighted by molar-refractivity contribution is 6.30. The molecule has 2 N–H and O–H groups in total. The van der Waals surface area contributed by atoms with Gasteiger partial charge in [-0.05, 0) is 56.2 Å². The van der Waals surface area contributed by atoms with Gasteiger partial charge in [-0.2, -0.15) is 0 Å². The number of esters is 1. The molecule has 1 aliphatic heterocycles. The lowest BCUT2D eigenvalue weighted by molar-refractivity contribution is -0.143. The number of hydrogen-bond acceptors (Lipinski definition) is 5. The molecule has 3 rings (SSSR count). The van der Waals surface area contributed by atoms with E-state index in [-0.39, 0.29) is 6.10 Å². The molecule has 0 spiro atoms. The number of rotatable bonds is 7. The van der Waals surface area contributed by atoms with E-state index in [9.17, 15) is 9.59 Å². The number of methoxy groups -OCH3 is 1. The molecule has 2 aromatic carbocycles. The minimum Gasteiger partial charge on any atom is -0.493 e. The fourth-order valence-electron chi connectivity index (χ4n) is 3.22. The zero-order chi connectivity index (χ0) is 22.5. The number of carbonyl (C=O) groups excluding carboxylic acids is 2. The molecule has 0 saturated heterocycles. The highest BCUT2D eigenvalue weighted by Gasteiger charge is 2.33. The molecular weight excluding hydrogens is 420 g/mol. The van der Waals surface area contributed by atoms with Crippen LogP contribution in [-0.4, -0.2) is 25.2 Å². The molecule has 8 heteroatoms. The topological polar surface area (TPSA) is 85.9 Å². The van der Waals surface area contributed by atoms with Crippen LogP contribution in [0.3, 0.4) is 0 Å². The molecule has 1 atom stereocenters. The predicted molar refractivity (Wildman–Crippen MR) is 117 cm³/mol. The fourth-order valence-corrected chi connectivity index (χ4v) is 3.34. The number of hydrogen-bond donors (Lipinski definition) is 2. The zero-order valence-corrected chi connectivity index (χ0v) is 18.6. The SMILES string of the molecule is COc1cc(C2NC(=O)NC(C)=C2C(=O)OC(C)C)ccc1OCc1ccc(Cl)cc1. The van der Waals surface area contributed by atoms with Gasteiger partial charge in [0.1, 0.15) is 6.61 Å². The average Bonchev–Trinajstić information content (AvgIpc) is 2.72. The Hall–Kier alpha value is -3.19. The number of carbonyl (C=O) groups is 2. The van der Waals surface area contributed by atoms with Crippen molar-refractivity contribution < 1.29 is 23.8 Å². The fraction of sp³-hybridized carbons (Fsp3) is 0.304. The van der Waals surface area contributed by atoms with Gasteiger partial charge in [-0.25, -0.2) is 9.59 Å². The molecule has 31 heavy (non-hydrogen) atoms. The second kappa shape index (κ2) is 9.75. The lowest BCUT2D eigenvalue weighted by Gasteiger charge is -2.29. The summed E-state index contributed by atoms with van der Waals surface area (Å²) in [7, 11) is 1.53. The molecular formula is C23H25ClN2O5. The van der Waals surface area contributed by atoms with Gasteiger partial charge < -0.3 is 24.8 Å². The van der Waals surface area contributed by atoms with Crippen LogP contribution in [0, 0.1) is 0 Å². The lowest BCUT2D eigenvalue weighted by Crippen LogP contribution is -2.45. The van der Waals surface area contributed by atoms with E-state index < -0.39 is 18.0 Å². The Labute approximate surface area is 186 Å². The Morgan fingerprint density at radius 2 is 1.84 bits per heavy atom. The van der Waals surface area contributed by atoms with Crippen LogP contribution >= 0.6 is 11.6 Å². The van der Waals surface area contributed by atoms with Crippen molar-refractivity contribution in [2.45, 2.75) is 39.5 Å². The van der Waals surface area contributed by atoms with Gasteiger partial charge in [0.2, 0.25) is 0 Å². The second-order valence-corrected chi connectivity index (χ2v) is 7.79.